The Kier molecular flexibility index (Phi) is 9.23. The summed E-state index contributed by atoms with van der Waals surface area (Å²) in [6.45, 7) is -1.49. The van der Waals surface area contributed by atoms with Crippen LogP contribution in [0.25, 0.3) is 0 Å². The molecule has 7 N–H and O–H groups in total. The average Bonchev–Trinajstić information content (AvgIpc) is 2.57. The lowest BCUT2D eigenvalue weighted by molar-refractivity contribution is -0.310. The van der Waals surface area contributed by atoms with E-state index in [9.17, 15) is 24.9 Å². The first-order valence-electron chi connectivity index (χ1n) is 7.47. The molecule has 1 aliphatic rings. The lowest BCUT2D eigenvalue weighted by atomic mass is 9.99. The minimum Gasteiger partial charge on any atom is -0.463 e. The van der Waals surface area contributed by atoms with Gasteiger partial charge in [-0.05, 0) is 0 Å². The number of rotatable bonds is 9. The molecule has 0 radical (unpaired) electrons. The van der Waals surface area contributed by atoms with Crippen molar-refractivity contribution in [3.05, 3.63) is 0 Å². The second kappa shape index (κ2) is 10.6. The molecule has 14 heteroatoms. The van der Waals surface area contributed by atoms with Crippen LogP contribution in [-0.4, -0.2) is 109 Å². The second-order valence-electron chi connectivity index (χ2n) is 5.38. The number of aliphatic hydroxyl groups is 3. The van der Waals surface area contributed by atoms with Gasteiger partial charge in [0.15, 0.2) is 0 Å². The highest BCUT2D eigenvalue weighted by Gasteiger charge is 2.46. The van der Waals surface area contributed by atoms with Gasteiger partial charge in [-0.2, -0.15) is 0 Å². The quantitative estimate of drug-likeness (QED) is 0.154. The summed E-state index contributed by atoms with van der Waals surface area (Å²) in [5.74, 6) is -1.86. The summed E-state index contributed by atoms with van der Waals surface area (Å²) in [4.78, 5) is 22.9. The van der Waals surface area contributed by atoms with Crippen LogP contribution in [0.3, 0.4) is 0 Å². The van der Waals surface area contributed by atoms with E-state index in [0.717, 1.165) is 0 Å². The van der Waals surface area contributed by atoms with Crippen LogP contribution in [0.5, 0.6) is 0 Å². The fraction of sp³-hybridized carbons (Fsp3) is 0.833. The van der Waals surface area contributed by atoms with Gasteiger partial charge in [0.2, 0.25) is 6.29 Å². The molecule has 0 aliphatic carbocycles. The van der Waals surface area contributed by atoms with Crippen molar-refractivity contribution in [2.24, 2.45) is 0 Å². The second-order valence-corrected chi connectivity index (χ2v) is 5.38. The first kappa shape index (κ1) is 22.6. The lowest BCUT2D eigenvalue weighted by Gasteiger charge is -2.39. The van der Waals surface area contributed by atoms with Gasteiger partial charge in [-0.15, -0.1) is 0 Å². The van der Waals surface area contributed by atoms with Gasteiger partial charge in [-0.25, -0.2) is 0 Å². The maximum atomic E-state index is 11.5. The van der Waals surface area contributed by atoms with Gasteiger partial charge in [0.05, 0.1) is 25.9 Å². The van der Waals surface area contributed by atoms with E-state index in [2.05, 4.69) is 0 Å². The Morgan fingerprint density at radius 3 is 1.92 bits per heavy atom. The summed E-state index contributed by atoms with van der Waals surface area (Å²) >= 11 is 0. The van der Waals surface area contributed by atoms with E-state index in [1.54, 1.807) is 0 Å². The molecule has 152 valence electrons. The molecule has 0 aromatic rings. The molecule has 0 aromatic heterocycles. The van der Waals surface area contributed by atoms with Crippen LogP contribution in [0.1, 0.15) is 12.8 Å². The molecular weight excluding hydrogens is 364 g/mol. The van der Waals surface area contributed by atoms with E-state index in [-0.39, 0.29) is 10.5 Å². The molecule has 1 aliphatic heterocycles. The lowest BCUT2D eigenvalue weighted by Crippen LogP contribution is -2.59. The third kappa shape index (κ3) is 7.42. The molecule has 1 rings (SSSR count). The Morgan fingerprint density at radius 2 is 1.38 bits per heavy atom. The summed E-state index contributed by atoms with van der Waals surface area (Å²) in [6, 6.07) is 0. The summed E-state index contributed by atoms with van der Waals surface area (Å²) in [5, 5.41) is 63.0. The molecule has 0 spiro atoms. The Balaban J connectivity index is 2.55. The van der Waals surface area contributed by atoms with Crippen LogP contribution in [0.4, 0.5) is 0 Å². The minimum absolute atomic E-state index is 0.220. The minimum atomic E-state index is -1.79. The van der Waals surface area contributed by atoms with Gasteiger partial charge >= 0.3 is 11.9 Å². The normalized spacial score (nSPS) is 29.0. The number of esters is 2. The van der Waals surface area contributed by atoms with Crippen LogP contribution < -0.4 is 0 Å². The number of aliphatic hydroxyl groups excluding tert-OH is 3. The molecule has 26 heavy (non-hydrogen) atoms. The monoisotopic (exact) mass is 386 g/mol. The van der Waals surface area contributed by atoms with E-state index < -0.39 is 75.2 Å². The molecule has 1 saturated heterocycles. The standard InChI is InChI=1S/C12H22N2O12/c15-7(1-3-13(20)21)24-5-6-9(17)10(18)11(19)12(25-6)26-8(16)2-4-14(22)23/h6,9-12,17-23H,1-5H2. The first-order valence-corrected chi connectivity index (χ1v) is 7.47. The molecule has 1 heterocycles. The van der Waals surface area contributed by atoms with Crippen LogP contribution in [-0.2, 0) is 23.8 Å². The van der Waals surface area contributed by atoms with Crippen molar-refractivity contribution in [3.63, 3.8) is 0 Å². The predicted octanol–water partition coefficient (Wildman–Crippen LogP) is -3.18. The predicted molar refractivity (Wildman–Crippen MR) is 73.5 cm³/mol. The zero-order chi connectivity index (χ0) is 19.9. The molecule has 5 atom stereocenters. The number of carbonyl (C=O) groups is 2. The summed E-state index contributed by atoms with van der Waals surface area (Å²) in [7, 11) is 0. The SMILES string of the molecule is O=C(CCN(O)O)OCC1OC(OC(=O)CCN(O)O)C(O)C(O)C1O. The zero-order valence-corrected chi connectivity index (χ0v) is 13.5. The molecule has 5 unspecified atom stereocenters. The summed E-state index contributed by atoms with van der Waals surface area (Å²) < 4.78 is 14.6. The third-order valence-electron chi connectivity index (χ3n) is 3.36. The van der Waals surface area contributed by atoms with Gasteiger partial charge in [0, 0.05) is 0 Å². The van der Waals surface area contributed by atoms with Gasteiger partial charge in [-0.1, -0.05) is 10.5 Å². The maximum absolute atomic E-state index is 11.5. The third-order valence-corrected chi connectivity index (χ3v) is 3.36. The average molecular weight is 386 g/mol. The van der Waals surface area contributed by atoms with Crippen LogP contribution in [0.15, 0.2) is 0 Å². The van der Waals surface area contributed by atoms with Crippen molar-refractivity contribution >= 4 is 11.9 Å². The van der Waals surface area contributed by atoms with Crippen molar-refractivity contribution in [2.45, 2.75) is 43.5 Å². The number of ether oxygens (including phenoxy) is 3. The Morgan fingerprint density at radius 1 is 0.846 bits per heavy atom. The van der Waals surface area contributed by atoms with E-state index in [1.807, 2.05) is 0 Å². The maximum Gasteiger partial charge on any atom is 0.309 e. The number of nitrogens with zero attached hydrogens (tertiary/aromatic N) is 2. The van der Waals surface area contributed by atoms with Crippen LogP contribution in [0, 0.1) is 0 Å². The van der Waals surface area contributed by atoms with Crippen LogP contribution >= 0.6 is 0 Å². The summed E-state index contributed by atoms with van der Waals surface area (Å²) in [6.07, 6.45) is -9.14. The highest BCUT2D eigenvalue weighted by Crippen LogP contribution is 2.23. The number of hydroxylamine groups is 4. The topological polar surface area (TPSA) is 210 Å². The molecule has 0 amide bonds. The highest BCUT2D eigenvalue weighted by atomic mass is 16.8. The van der Waals surface area contributed by atoms with Gasteiger partial charge in [0.1, 0.15) is 31.0 Å². The molecule has 0 bridgehead atoms. The molecule has 1 fully saturated rings. The Hall–Kier alpha value is -1.46. The smallest absolute Gasteiger partial charge is 0.309 e. The Labute approximate surface area is 146 Å². The van der Waals surface area contributed by atoms with Crippen molar-refractivity contribution in [1.29, 1.82) is 0 Å². The van der Waals surface area contributed by atoms with Crippen LogP contribution in [0.2, 0.25) is 0 Å². The molecule has 0 aromatic carbocycles. The fourth-order valence-corrected chi connectivity index (χ4v) is 1.97. The largest absolute Gasteiger partial charge is 0.463 e. The zero-order valence-electron chi connectivity index (χ0n) is 13.5. The number of carbonyl (C=O) groups excluding carboxylic acids is 2. The van der Waals surface area contributed by atoms with E-state index >= 15 is 0 Å². The van der Waals surface area contributed by atoms with Crippen molar-refractivity contribution in [2.75, 3.05) is 19.7 Å². The summed E-state index contributed by atoms with van der Waals surface area (Å²) in [5.41, 5.74) is 0. The number of hydrogen-bond donors (Lipinski definition) is 7. The van der Waals surface area contributed by atoms with Gasteiger partial charge in [0.25, 0.3) is 0 Å². The van der Waals surface area contributed by atoms with Gasteiger partial charge < -0.3 is 29.5 Å². The van der Waals surface area contributed by atoms with Crippen molar-refractivity contribution < 1.29 is 59.9 Å². The van der Waals surface area contributed by atoms with E-state index in [4.69, 9.17) is 35.0 Å². The molecule has 0 saturated carbocycles. The van der Waals surface area contributed by atoms with Crippen molar-refractivity contribution in [3.8, 4) is 0 Å². The fourth-order valence-electron chi connectivity index (χ4n) is 1.97. The molecule has 14 nitrogen and oxygen atoms in total. The number of hydrogen-bond acceptors (Lipinski definition) is 14. The molecular formula is C12H22N2O12. The van der Waals surface area contributed by atoms with E-state index in [1.165, 1.54) is 0 Å². The van der Waals surface area contributed by atoms with Gasteiger partial charge in [-0.3, -0.25) is 30.4 Å². The van der Waals surface area contributed by atoms with E-state index in [0.29, 0.717) is 0 Å². The first-order chi connectivity index (χ1) is 12.1. The highest BCUT2D eigenvalue weighted by molar-refractivity contribution is 5.70. The van der Waals surface area contributed by atoms with Crippen molar-refractivity contribution in [1.82, 2.24) is 10.5 Å². The Bertz CT molecular complexity index is 459.